The summed E-state index contributed by atoms with van der Waals surface area (Å²) in [5.41, 5.74) is 1.86. The Morgan fingerprint density at radius 3 is 2.26 bits per heavy atom. The van der Waals surface area contributed by atoms with E-state index in [-0.39, 0.29) is 4.90 Å². The van der Waals surface area contributed by atoms with Crippen LogP contribution in [0.5, 0.6) is 0 Å². The first-order valence-corrected chi connectivity index (χ1v) is 11.3. The Labute approximate surface area is 117 Å². The molecule has 108 valence electrons. The van der Waals surface area contributed by atoms with Gasteiger partial charge in [-0.1, -0.05) is 50.5 Å². The van der Waals surface area contributed by atoms with Crippen molar-refractivity contribution in [1.29, 1.82) is 0 Å². The van der Waals surface area contributed by atoms with E-state index >= 15 is 0 Å². The van der Waals surface area contributed by atoms with Crippen LogP contribution in [-0.2, 0) is 10.1 Å². The summed E-state index contributed by atoms with van der Waals surface area (Å²) in [5.74, 6) is 0. The summed E-state index contributed by atoms with van der Waals surface area (Å²) in [6.45, 7) is 10.3. The van der Waals surface area contributed by atoms with E-state index in [1.807, 2.05) is 19.9 Å². The van der Waals surface area contributed by atoms with Crippen molar-refractivity contribution in [2.45, 2.75) is 57.6 Å². The topological polar surface area (TPSA) is 54.4 Å². The van der Waals surface area contributed by atoms with Gasteiger partial charge in [-0.25, -0.2) is 0 Å². The van der Waals surface area contributed by atoms with Gasteiger partial charge in [0.25, 0.3) is 10.1 Å². The summed E-state index contributed by atoms with van der Waals surface area (Å²) < 4.78 is 32.8. The molecule has 0 aliphatic heterocycles. The van der Waals surface area contributed by atoms with E-state index in [0.717, 1.165) is 35.2 Å². The first-order valence-electron chi connectivity index (χ1n) is 6.69. The first kappa shape index (κ1) is 16.4. The van der Waals surface area contributed by atoms with Gasteiger partial charge in [0.2, 0.25) is 0 Å². The van der Waals surface area contributed by atoms with Gasteiger partial charge in [0.15, 0.2) is 0 Å². The molecule has 0 heterocycles. The van der Waals surface area contributed by atoms with E-state index in [9.17, 15) is 13.0 Å². The Morgan fingerprint density at radius 1 is 1.21 bits per heavy atom. The second kappa shape index (κ2) is 5.77. The van der Waals surface area contributed by atoms with Crippen molar-refractivity contribution in [3.05, 3.63) is 23.3 Å². The summed E-state index contributed by atoms with van der Waals surface area (Å²) >= 11 is 0. The Morgan fingerprint density at radius 2 is 1.79 bits per heavy atom. The number of unbranched alkanes of at least 4 members (excludes halogenated alkanes) is 1. The minimum atomic E-state index is -4.15. The summed E-state index contributed by atoms with van der Waals surface area (Å²) in [4.78, 5) is 0.123. The lowest BCUT2D eigenvalue weighted by molar-refractivity contribution is 0.483. The van der Waals surface area contributed by atoms with E-state index in [1.165, 1.54) is 0 Å². The van der Waals surface area contributed by atoms with Crippen molar-refractivity contribution in [3.63, 3.8) is 0 Å². The van der Waals surface area contributed by atoms with Gasteiger partial charge in [-0.05, 0) is 30.7 Å². The second-order valence-electron chi connectivity index (χ2n) is 5.92. The van der Waals surface area contributed by atoms with Crippen LogP contribution in [0.15, 0.2) is 17.0 Å². The molecule has 3 nitrogen and oxygen atoms in total. The fraction of sp³-hybridized carbons (Fsp3) is 0.571. The van der Waals surface area contributed by atoms with Crippen LogP contribution in [0.2, 0.25) is 19.1 Å². The third-order valence-corrected chi connectivity index (χ3v) is 8.23. The zero-order valence-electron chi connectivity index (χ0n) is 12.4. The van der Waals surface area contributed by atoms with Gasteiger partial charge in [0.1, 0.15) is 0 Å². The van der Waals surface area contributed by atoms with Crippen LogP contribution in [0, 0.1) is 13.8 Å². The van der Waals surface area contributed by atoms with Gasteiger partial charge in [0.05, 0.1) is 13.0 Å². The summed E-state index contributed by atoms with van der Waals surface area (Å²) in [6, 6.07) is 4.64. The predicted octanol–water partition coefficient (Wildman–Crippen LogP) is 3.27. The van der Waals surface area contributed by atoms with Gasteiger partial charge >= 0.3 is 0 Å². The normalized spacial score (nSPS) is 12.7. The molecule has 5 heteroatoms. The Bertz CT molecular complexity index is 562. The van der Waals surface area contributed by atoms with E-state index in [0.29, 0.717) is 0 Å². The number of hydrogen-bond donors (Lipinski definition) is 1. The SMILES string of the molecule is CCCC[Si](C)(C)c1c(C)cc(C)cc1S(=O)(=O)O. The summed E-state index contributed by atoms with van der Waals surface area (Å²) in [7, 11) is -6.01. The predicted molar refractivity (Wildman–Crippen MR) is 82.6 cm³/mol. The van der Waals surface area contributed by atoms with Crippen LogP contribution in [0.3, 0.4) is 0 Å². The molecule has 0 amide bonds. The van der Waals surface area contributed by atoms with Crippen LogP contribution in [0.25, 0.3) is 0 Å². The van der Waals surface area contributed by atoms with E-state index < -0.39 is 18.2 Å². The van der Waals surface area contributed by atoms with Crippen molar-refractivity contribution < 1.29 is 13.0 Å². The molecule has 0 aliphatic rings. The highest BCUT2D eigenvalue weighted by atomic mass is 32.2. The fourth-order valence-corrected chi connectivity index (χ4v) is 8.08. The van der Waals surface area contributed by atoms with Gasteiger partial charge in [-0.15, -0.1) is 0 Å². The number of aryl methyl sites for hydroxylation is 2. The molecule has 0 spiro atoms. The molecule has 0 saturated carbocycles. The highest BCUT2D eigenvalue weighted by molar-refractivity contribution is 7.86. The number of rotatable bonds is 5. The van der Waals surface area contributed by atoms with Gasteiger partial charge in [-0.3, -0.25) is 4.55 Å². The highest BCUT2D eigenvalue weighted by Gasteiger charge is 2.31. The second-order valence-corrected chi connectivity index (χ2v) is 12.1. The molecule has 0 unspecified atom stereocenters. The molecular weight excluding hydrogens is 276 g/mol. The minimum absolute atomic E-state index is 0.123. The van der Waals surface area contributed by atoms with Crippen molar-refractivity contribution in [2.75, 3.05) is 0 Å². The molecule has 0 fully saturated rings. The first-order chi connectivity index (χ1) is 8.59. The van der Waals surface area contributed by atoms with Crippen molar-refractivity contribution in [2.24, 2.45) is 0 Å². The largest absolute Gasteiger partial charge is 0.294 e. The average molecular weight is 300 g/mol. The van der Waals surface area contributed by atoms with Gasteiger partial charge in [0, 0.05) is 0 Å². The molecule has 1 aromatic carbocycles. The van der Waals surface area contributed by atoms with Crippen LogP contribution < -0.4 is 5.19 Å². The van der Waals surface area contributed by atoms with E-state index in [2.05, 4.69) is 20.0 Å². The average Bonchev–Trinajstić information content (AvgIpc) is 2.23. The maximum Gasteiger partial charge on any atom is 0.294 e. The van der Waals surface area contributed by atoms with E-state index in [4.69, 9.17) is 0 Å². The Balaban J connectivity index is 3.49. The summed E-state index contributed by atoms with van der Waals surface area (Å²) in [6.07, 6.45) is 2.19. The van der Waals surface area contributed by atoms with Crippen molar-refractivity contribution >= 4 is 23.4 Å². The van der Waals surface area contributed by atoms with Crippen LogP contribution in [-0.4, -0.2) is 21.0 Å². The van der Waals surface area contributed by atoms with E-state index in [1.54, 1.807) is 6.07 Å². The third kappa shape index (κ3) is 3.90. The zero-order chi connectivity index (χ0) is 14.8. The molecule has 0 bridgehead atoms. The monoisotopic (exact) mass is 300 g/mol. The molecular formula is C14H24O3SSi. The van der Waals surface area contributed by atoms with Gasteiger partial charge < -0.3 is 0 Å². The highest BCUT2D eigenvalue weighted by Crippen LogP contribution is 2.22. The fourth-order valence-electron chi connectivity index (χ4n) is 2.74. The Kier molecular flexibility index (Phi) is 4.98. The lowest BCUT2D eigenvalue weighted by Gasteiger charge is -2.27. The Hall–Kier alpha value is -0.653. The lowest BCUT2D eigenvalue weighted by Crippen LogP contribution is -2.45. The molecule has 0 atom stereocenters. The summed E-state index contributed by atoms with van der Waals surface area (Å²) in [5, 5.41) is 0.883. The van der Waals surface area contributed by atoms with Crippen molar-refractivity contribution in [3.8, 4) is 0 Å². The molecule has 1 aromatic rings. The molecule has 1 rings (SSSR count). The van der Waals surface area contributed by atoms with Crippen molar-refractivity contribution in [1.82, 2.24) is 0 Å². The third-order valence-electron chi connectivity index (χ3n) is 3.55. The molecule has 0 radical (unpaired) electrons. The van der Waals surface area contributed by atoms with Crippen LogP contribution >= 0.6 is 0 Å². The minimum Gasteiger partial charge on any atom is -0.282 e. The van der Waals surface area contributed by atoms with Crippen LogP contribution in [0.4, 0.5) is 0 Å². The number of benzene rings is 1. The molecule has 0 aliphatic carbocycles. The molecule has 0 aromatic heterocycles. The molecule has 0 saturated heterocycles. The zero-order valence-corrected chi connectivity index (χ0v) is 14.3. The van der Waals surface area contributed by atoms with Gasteiger partial charge in [-0.2, -0.15) is 8.42 Å². The molecule has 1 N–H and O–H groups in total. The maximum atomic E-state index is 11.7. The van der Waals surface area contributed by atoms with Crippen LogP contribution in [0.1, 0.15) is 30.9 Å². The maximum absolute atomic E-state index is 11.7. The standard InChI is InChI=1S/C14H24O3SSi/c1-6-7-8-19(4,5)14-12(3)9-11(2)10-13(14)18(15,16)17/h9-10H,6-8H2,1-5H3,(H,15,16,17). The molecule has 19 heavy (non-hydrogen) atoms. The lowest BCUT2D eigenvalue weighted by atomic mass is 10.2. The quantitative estimate of drug-likeness (QED) is 0.671. The number of hydrogen-bond acceptors (Lipinski definition) is 2. The smallest absolute Gasteiger partial charge is 0.282 e.